The molecule has 1 aromatic rings. The minimum absolute atomic E-state index is 0.185. The molecule has 2 saturated carbocycles. The summed E-state index contributed by atoms with van der Waals surface area (Å²) in [5.41, 5.74) is 9.64. The average molecular weight is 357 g/mol. The van der Waals surface area contributed by atoms with E-state index in [4.69, 9.17) is 10.7 Å². The third kappa shape index (κ3) is 2.57. The van der Waals surface area contributed by atoms with Crippen molar-refractivity contribution >= 4 is 0 Å². The lowest BCUT2D eigenvalue weighted by Crippen LogP contribution is -2.53. The van der Waals surface area contributed by atoms with Crippen LogP contribution < -0.4 is 5.73 Å². The fourth-order valence-corrected chi connectivity index (χ4v) is 7.19. The molecule has 3 aliphatic rings. The van der Waals surface area contributed by atoms with Crippen LogP contribution in [-0.2, 0) is 11.8 Å². The van der Waals surface area contributed by atoms with E-state index in [1.54, 1.807) is 0 Å². The quantitative estimate of drug-likeness (QED) is 0.862. The molecule has 4 rings (SSSR count). The molecule has 0 unspecified atom stereocenters. The predicted octanol–water partition coefficient (Wildman–Crippen LogP) is 3.93. The van der Waals surface area contributed by atoms with Gasteiger partial charge in [0.1, 0.15) is 0 Å². The standard InChI is InChI=1S/C23H36N2O/c1-15-6-8-22(2,17(11-15)14-26)19-7-9-23(3)20(18(19)13-24)12-16-5-4-10-25-21(16)23/h4-5,10,15,17-20,26H,6-9,11-14,24H2,1-3H3/t15-,17+,18+,19-,20-,22-,23-/m0/s1. The number of hydrogen-bond acceptors (Lipinski definition) is 3. The zero-order valence-corrected chi connectivity index (χ0v) is 16.7. The highest BCUT2D eigenvalue weighted by Gasteiger charge is 2.57. The third-order valence-corrected chi connectivity index (χ3v) is 8.83. The van der Waals surface area contributed by atoms with Crippen LogP contribution in [0.15, 0.2) is 18.3 Å². The van der Waals surface area contributed by atoms with Crippen LogP contribution in [0.4, 0.5) is 0 Å². The van der Waals surface area contributed by atoms with E-state index in [9.17, 15) is 5.11 Å². The van der Waals surface area contributed by atoms with Gasteiger partial charge in [-0.05, 0) is 85.3 Å². The number of pyridine rings is 1. The molecule has 144 valence electrons. The lowest BCUT2D eigenvalue weighted by atomic mass is 9.49. The van der Waals surface area contributed by atoms with Gasteiger partial charge in [-0.15, -0.1) is 0 Å². The fraction of sp³-hybridized carbons (Fsp3) is 0.783. The number of rotatable bonds is 3. The van der Waals surface area contributed by atoms with Crippen LogP contribution >= 0.6 is 0 Å². The Bertz CT molecular complexity index is 661. The molecule has 3 N–H and O–H groups in total. The molecular formula is C23H36N2O. The first kappa shape index (κ1) is 18.4. The summed E-state index contributed by atoms with van der Waals surface area (Å²) >= 11 is 0. The van der Waals surface area contributed by atoms with Crippen molar-refractivity contribution in [3.8, 4) is 0 Å². The van der Waals surface area contributed by atoms with Gasteiger partial charge in [0.15, 0.2) is 0 Å². The van der Waals surface area contributed by atoms with Crippen LogP contribution in [-0.4, -0.2) is 23.2 Å². The second-order valence-electron chi connectivity index (χ2n) is 10.0. The Hall–Kier alpha value is -0.930. The molecule has 0 saturated heterocycles. The molecule has 0 radical (unpaired) electrons. The van der Waals surface area contributed by atoms with Crippen LogP contribution in [0, 0.1) is 35.0 Å². The minimum atomic E-state index is 0.185. The SMILES string of the molecule is C[C@H]1CC[C@](C)([C@H]2CC[C@]3(C)c4ncccc4C[C@H]3[C@@H]2CN)[C@@H](CO)C1. The first-order chi connectivity index (χ1) is 12.4. The van der Waals surface area contributed by atoms with Crippen molar-refractivity contribution in [1.29, 1.82) is 0 Å². The number of aliphatic hydroxyl groups excluding tert-OH is 1. The highest BCUT2D eigenvalue weighted by Crippen LogP contribution is 2.61. The first-order valence-corrected chi connectivity index (χ1v) is 10.7. The lowest BCUT2D eigenvalue weighted by Gasteiger charge is -2.56. The predicted molar refractivity (Wildman–Crippen MR) is 106 cm³/mol. The molecule has 7 atom stereocenters. The van der Waals surface area contributed by atoms with Crippen molar-refractivity contribution in [2.75, 3.05) is 13.2 Å². The average Bonchev–Trinajstić information content (AvgIpc) is 2.95. The molecule has 3 heteroatoms. The largest absolute Gasteiger partial charge is 0.396 e. The van der Waals surface area contributed by atoms with Gasteiger partial charge in [-0.1, -0.05) is 33.3 Å². The monoisotopic (exact) mass is 356 g/mol. The van der Waals surface area contributed by atoms with E-state index >= 15 is 0 Å². The summed E-state index contributed by atoms with van der Waals surface area (Å²) in [5.74, 6) is 2.94. The van der Waals surface area contributed by atoms with Crippen molar-refractivity contribution in [1.82, 2.24) is 4.98 Å². The summed E-state index contributed by atoms with van der Waals surface area (Å²) in [4.78, 5) is 4.80. The Morgan fingerprint density at radius 3 is 2.77 bits per heavy atom. The van der Waals surface area contributed by atoms with Gasteiger partial charge in [0.05, 0.1) is 0 Å². The van der Waals surface area contributed by atoms with E-state index in [0.29, 0.717) is 30.3 Å². The van der Waals surface area contributed by atoms with Crippen molar-refractivity contribution in [2.24, 2.45) is 40.7 Å². The Morgan fingerprint density at radius 2 is 2.04 bits per heavy atom. The van der Waals surface area contributed by atoms with Crippen molar-refractivity contribution in [2.45, 2.75) is 64.7 Å². The maximum atomic E-state index is 10.2. The zero-order valence-electron chi connectivity index (χ0n) is 16.7. The zero-order chi connectivity index (χ0) is 18.5. The molecule has 3 nitrogen and oxygen atoms in total. The molecule has 0 amide bonds. The molecule has 3 aliphatic carbocycles. The molecular weight excluding hydrogens is 320 g/mol. The summed E-state index contributed by atoms with van der Waals surface area (Å²) in [5, 5.41) is 10.2. The van der Waals surface area contributed by atoms with Gasteiger partial charge in [-0.25, -0.2) is 0 Å². The van der Waals surface area contributed by atoms with E-state index in [2.05, 4.69) is 32.9 Å². The highest BCUT2D eigenvalue weighted by atomic mass is 16.3. The van der Waals surface area contributed by atoms with E-state index < -0.39 is 0 Å². The minimum Gasteiger partial charge on any atom is -0.396 e. The second-order valence-corrected chi connectivity index (χ2v) is 10.0. The smallest absolute Gasteiger partial charge is 0.0497 e. The highest BCUT2D eigenvalue weighted by molar-refractivity contribution is 5.36. The van der Waals surface area contributed by atoms with Gasteiger partial charge < -0.3 is 10.8 Å². The molecule has 26 heavy (non-hydrogen) atoms. The summed E-state index contributed by atoms with van der Waals surface area (Å²) in [6.07, 6.45) is 9.25. The van der Waals surface area contributed by atoms with E-state index in [1.165, 1.54) is 43.4 Å². The number of nitrogens with two attached hydrogens (primary N) is 1. The number of hydrogen-bond donors (Lipinski definition) is 2. The fourth-order valence-electron chi connectivity index (χ4n) is 7.19. The van der Waals surface area contributed by atoms with Gasteiger partial charge in [-0.2, -0.15) is 0 Å². The molecule has 0 aromatic carbocycles. The first-order valence-electron chi connectivity index (χ1n) is 10.7. The van der Waals surface area contributed by atoms with E-state index in [-0.39, 0.29) is 10.8 Å². The Labute approximate surface area is 158 Å². The maximum Gasteiger partial charge on any atom is 0.0497 e. The van der Waals surface area contributed by atoms with Crippen molar-refractivity contribution in [3.05, 3.63) is 29.6 Å². The lowest BCUT2D eigenvalue weighted by molar-refractivity contribution is -0.0713. The van der Waals surface area contributed by atoms with Crippen LogP contribution in [0.3, 0.4) is 0 Å². The van der Waals surface area contributed by atoms with Crippen LogP contribution in [0.1, 0.15) is 64.1 Å². The number of fused-ring (bicyclic) bond motifs is 3. The topological polar surface area (TPSA) is 59.1 Å². The third-order valence-electron chi connectivity index (χ3n) is 8.83. The van der Waals surface area contributed by atoms with Crippen molar-refractivity contribution in [3.63, 3.8) is 0 Å². The molecule has 0 spiro atoms. The molecule has 0 bridgehead atoms. The van der Waals surface area contributed by atoms with Crippen LogP contribution in [0.2, 0.25) is 0 Å². The Kier molecular flexibility index (Phi) is 4.68. The van der Waals surface area contributed by atoms with Crippen LogP contribution in [0.5, 0.6) is 0 Å². The summed E-state index contributed by atoms with van der Waals surface area (Å²) in [6.45, 7) is 8.35. The maximum absolute atomic E-state index is 10.2. The van der Waals surface area contributed by atoms with Gasteiger partial charge >= 0.3 is 0 Å². The normalized spacial score (nSPS) is 45.2. The van der Waals surface area contributed by atoms with Gasteiger partial charge in [-0.3, -0.25) is 4.98 Å². The van der Waals surface area contributed by atoms with Crippen LogP contribution in [0.25, 0.3) is 0 Å². The molecule has 2 fully saturated rings. The number of nitrogens with zero attached hydrogens (tertiary/aromatic N) is 1. The Balaban J connectivity index is 1.67. The molecule has 0 aliphatic heterocycles. The second kappa shape index (κ2) is 6.60. The number of aliphatic hydroxyl groups is 1. The summed E-state index contributed by atoms with van der Waals surface area (Å²) in [6, 6.07) is 4.36. The summed E-state index contributed by atoms with van der Waals surface area (Å²) < 4.78 is 0. The van der Waals surface area contributed by atoms with Gasteiger partial charge in [0.25, 0.3) is 0 Å². The van der Waals surface area contributed by atoms with Gasteiger partial charge in [0.2, 0.25) is 0 Å². The van der Waals surface area contributed by atoms with Gasteiger partial charge in [0, 0.05) is 23.9 Å². The van der Waals surface area contributed by atoms with E-state index in [0.717, 1.165) is 18.9 Å². The summed E-state index contributed by atoms with van der Waals surface area (Å²) in [7, 11) is 0. The molecule has 1 aromatic heterocycles. The van der Waals surface area contributed by atoms with Crippen molar-refractivity contribution < 1.29 is 5.11 Å². The van der Waals surface area contributed by atoms with E-state index in [1.807, 2.05) is 6.20 Å². The Morgan fingerprint density at radius 1 is 1.23 bits per heavy atom. The molecule has 1 heterocycles. The number of aromatic nitrogens is 1.